The maximum absolute atomic E-state index is 6.15. The predicted molar refractivity (Wildman–Crippen MR) is 130 cm³/mol. The number of aryl methyl sites for hydroxylation is 3. The highest BCUT2D eigenvalue weighted by Gasteiger charge is 2.32. The average molecular weight is 443 g/mol. The number of halogens is 1. The molecule has 1 unspecified atom stereocenters. The van der Waals surface area contributed by atoms with Crippen molar-refractivity contribution in [1.29, 1.82) is 0 Å². The van der Waals surface area contributed by atoms with Crippen molar-refractivity contribution >= 4 is 35.7 Å². The van der Waals surface area contributed by atoms with Crippen LogP contribution in [-0.4, -0.2) is 49.4 Å². The molecular weight excluding hydrogens is 412 g/mol. The van der Waals surface area contributed by atoms with Gasteiger partial charge in [0.1, 0.15) is 0 Å². The summed E-state index contributed by atoms with van der Waals surface area (Å²) in [6.07, 6.45) is 0.607. The number of hydrogen-bond donors (Lipinski definition) is 2. The van der Waals surface area contributed by atoms with E-state index in [-0.39, 0.29) is 18.4 Å². The number of nitrogens with two attached hydrogens (primary N) is 1. The lowest BCUT2D eigenvalue weighted by Gasteiger charge is -2.41. The molecule has 0 bridgehead atoms. The number of morpholine rings is 1. The first-order chi connectivity index (χ1) is 14.5. The minimum atomic E-state index is -0.394. The van der Waals surface area contributed by atoms with Crippen molar-refractivity contribution < 1.29 is 4.74 Å². The first-order valence-electron chi connectivity index (χ1n) is 10.5. The molecule has 2 aliphatic heterocycles. The summed E-state index contributed by atoms with van der Waals surface area (Å²) in [7, 11) is 0. The molecule has 0 aromatic heterocycles. The van der Waals surface area contributed by atoms with E-state index in [1.807, 2.05) is 0 Å². The highest BCUT2D eigenvalue weighted by Crippen LogP contribution is 2.25. The molecular formula is C23H31ClN6O. The van der Waals surface area contributed by atoms with Crippen LogP contribution in [0.4, 0.5) is 11.4 Å². The van der Waals surface area contributed by atoms with Gasteiger partial charge in [-0.1, -0.05) is 25.1 Å². The molecule has 1 atom stereocenters. The number of anilines is 2. The van der Waals surface area contributed by atoms with Crippen LogP contribution in [0, 0.1) is 13.8 Å². The largest absolute Gasteiger partial charge is 0.378 e. The normalized spacial score (nSPS) is 18.7. The molecule has 2 aromatic carbocycles. The van der Waals surface area contributed by atoms with Crippen LogP contribution in [-0.2, 0) is 11.2 Å². The van der Waals surface area contributed by atoms with E-state index in [0.29, 0.717) is 13.2 Å². The van der Waals surface area contributed by atoms with Crippen LogP contribution in [0.5, 0.6) is 0 Å². The van der Waals surface area contributed by atoms with Gasteiger partial charge in [-0.15, -0.1) is 12.4 Å². The van der Waals surface area contributed by atoms with E-state index < -0.39 is 6.29 Å². The smallest absolute Gasteiger partial charge is 0.222 e. The fourth-order valence-electron chi connectivity index (χ4n) is 3.69. The summed E-state index contributed by atoms with van der Waals surface area (Å²) in [5.41, 5.74) is 12.0. The zero-order valence-electron chi connectivity index (χ0n) is 18.3. The minimum absolute atomic E-state index is 0. The Balaban J connectivity index is 0.00000272. The van der Waals surface area contributed by atoms with Gasteiger partial charge in [0, 0.05) is 24.5 Å². The monoisotopic (exact) mass is 442 g/mol. The highest BCUT2D eigenvalue weighted by atomic mass is 35.5. The Labute approximate surface area is 190 Å². The van der Waals surface area contributed by atoms with Gasteiger partial charge in [-0.3, -0.25) is 4.90 Å². The van der Waals surface area contributed by atoms with Gasteiger partial charge < -0.3 is 20.7 Å². The molecule has 7 nitrogen and oxygen atoms in total. The van der Waals surface area contributed by atoms with Crippen LogP contribution in [0.1, 0.15) is 23.6 Å². The van der Waals surface area contributed by atoms with E-state index in [0.717, 1.165) is 36.8 Å². The number of nitrogens with zero attached hydrogens (tertiary/aromatic N) is 4. The summed E-state index contributed by atoms with van der Waals surface area (Å²) in [5, 5.41) is 3.55. The second-order valence-corrected chi connectivity index (χ2v) is 7.71. The number of hydrogen-bond acceptors (Lipinski definition) is 7. The molecule has 4 rings (SSSR count). The van der Waals surface area contributed by atoms with E-state index >= 15 is 0 Å². The Bertz CT molecular complexity index is 953. The van der Waals surface area contributed by atoms with Crippen molar-refractivity contribution in [2.75, 3.05) is 36.5 Å². The van der Waals surface area contributed by atoms with Gasteiger partial charge >= 0.3 is 0 Å². The highest BCUT2D eigenvalue weighted by molar-refractivity contribution is 6.06. The zero-order chi connectivity index (χ0) is 21.1. The lowest BCUT2D eigenvalue weighted by molar-refractivity contribution is 0.0671. The molecule has 0 amide bonds. The third kappa shape index (κ3) is 5.11. The maximum Gasteiger partial charge on any atom is 0.222 e. The number of ether oxygens (including phenoxy) is 1. The van der Waals surface area contributed by atoms with E-state index in [2.05, 4.69) is 88.3 Å². The summed E-state index contributed by atoms with van der Waals surface area (Å²) in [6, 6.07) is 14.9. The first kappa shape index (κ1) is 22.9. The number of aliphatic imine (C=N–C) groups is 2. The summed E-state index contributed by atoms with van der Waals surface area (Å²) in [6.45, 7) is 9.27. The van der Waals surface area contributed by atoms with E-state index in [1.165, 1.54) is 16.7 Å². The van der Waals surface area contributed by atoms with Gasteiger partial charge in [0.15, 0.2) is 0 Å². The summed E-state index contributed by atoms with van der Waals surface area (Å²) in [4.78, 5) is 13.6. The second kappa shape index (κ2) is 10.0. The molecule has 0 radical (unpaired) electrons. The molecule has 0 saturated carbocycles. The first-order valence-corrected chi connectivity index (χ1v) is 10.5. The number of guanidine groups is 2. The van der Waals surface area contributed by atoms with Gasteiger partial charge in [0.2, 0.25) is 18.2 Å². The van der Waals surface area contributed by atoms with Crippen molar-refractivity contribution in [3.8, 4) is 0 Å². The molecule has 2 heterocycles. The van der Waals surface area contributed by atoms with Gasteiger partial charge in [0.25, 0.3) is 0 Å². The third-order valence-electron chi connectivity index (χ3n) is 5.65. The molecule has 2 aromatic rings. The standard InChI is InChI=1S/C23H30N6O.ClH/c1-4-18-6-9-20(10-7-18)29-22(25-19-8-5-16(2)17(3)15-19)26-21(24)27-23(29)28-11-13-30-14-12-28;/h5-10,15,22,25H,4,11-14H2,1-3H3,(H2,24,26);1H. The molecule has 2 aliphatic rings. The van der Waals surface area contributed by atoms with Gasteiger partial charge in [-0.05, 0) is 61.2 Å². The van der Waals surface area contributed by atoms with Crippen molar-refractivity contribution in [2.24, 2.45) is 15.7 Å². The topological polar surface area (TPSA) is 78.5 Å². The average Bonchev–Trinajstić information content (AvgIpc) is 2.77. The molecule has 0 spiro atoms. The maximum atomic E-state index is 6.15. The van der Waals surface area contributed by atoms with Crippen molar-refractivity contribution in [3.05, 3.63) is 59.2 Å². The van der Waals surface area contributed by atoms with E-state index in [1.54, 1.807) is 0 Å². The van der Waals surface area contributed by atoms with Gasteiger partial charge in [-0.25, -0.2) is 4.99 Å². The Morgan fingerprint density at radius 2 is 1.77 bits per heavy atom. The van der Waals surface area contributed by atoms with Crippen LogP contribution in [0.25, 0.3) is 0 Å². The summed E-state index contributed by atoms with van der Waals surface area (Å²) in [5.74, 6) is 1.08. The summed E-state index contributed by atoms with van der Waals surface area (Å²) < 4.78 is 5.54. The Morgan fingerprint density at radius 1 is 1.06 bits per heavy atom. The van der Waals surface area contributed by atoms with Crippen LogP contribution >= 0.6 is 12.4 Å². The lowest BCUT2D eigenvalue weighted by Crippen LogP contribution is -2.57. The molecule has 31 heavy (non-hydrogen) atoms. The van der Waals surface area contributed by atoms with Gasteiger partial charge in [0.05, 0.1) is 13.2 Å². The molecule has 1 fully saturated rings. The predicted octanol–water partition coefficient (Wildman–Crippen LogP) is 3.51. The molecule has 1 saturated heterocycles. The molecule has 3 N–H and O–H groups in total. The van der Waals surface area contributed by atoms with Gasteiger partial charge in [-0.2, -0.15) is 4.99 Å². The number of nitrogens with one attached hydrogen (secondary N) is 1. The van der Waals surface area contributed by atoms with Crippen LogP contribution in [0.15, 0.2) is 52.4 Å². The number of rotatable bonds is 4. The fraction of sp³-hybridized carbons (Fsp3) is 0.391. The quantitative estimate of drug-likeness (QED) is 0.757. The van der Waals surface area contributed by atoms with Crippen molar-refractivity contribution in [2.45, 2.75) is 33.5 Å². The van der Waals surface area contributed by atoms with E-state index in [9.17, 15) is 0 Å². The Hall–Kier alpha value is -2.77. The summed E-state index contributed by atoms with van der Waals surface area (Å²) >= 11 is 0. The lowest BCUT2D eigenvalue weighted by atomic mass is 10.1. The third-order valence-corrected chi connectivity index (χ3v) is 5.65. The van der Waals surface area contributed by atoms with Crippen LogP contribution in [0.3, 0.4) is 0 Å². The molecule has 8 heteroatoms. The second-order valence-electron chi connectivity index (χ2n) is 7.71. The Kier molecular flexibility index (Phi) is 7.41. The van der Waals surface area contributed by atoms with Crippen LogP contribution in [0.2, 0.25) is 0 Å². The van der Waals surface area contributed by atoms with Crippen molar-refractivity contribution in [3.63, 3.8) is 0 Å². The molecule has 166 valence electrons. The molecule has 0 aliphatic carbocycles. The SMILES string of the molecule is CCc1ccc(N2C(N3CCOCC3)=NC(N)=NC2Nc2ccc(C)c(C)c2)cc1.Cl. The minimum Gasteiger partial charge on any atom is -0.378 e. The van der Waals surface area contributed by atoms with Crippen LogP contribution < -0.4 is 16.0 Å². The number of benzene rings is 2. The zero-order valence-corrected chi connectivity index (χ0v) is 19.2. The van der Waals surface area contributed by atoms with E-state index in [4.69, 9.17) is 10.5 Å². The Morgan fingerprint density at radius 3 is 2.42 bits per heavy atom. The van der Waals surface area contributed by atoms with Crippen molar-refractivity contribution in [1.82, 2.24) is 4.90 Å². The fourth-order valence-corrected chi connectivity index (χ4v) is 3.69.